The molecular formula is C9H13N3O2. The van der Waals surface area contributed by atoms with Gasteiger partial charge >= 0.3 is 0 Å². The van der Waals surface area contributed by atoms with Crippen LogP contribution in [0.25, 0.3) is 0 Å². The van der Waals surface area contributed by atoms with Gasteiger partial charge in [-0.3, -0.25) is 9.59 Å². The van der Waals surface area contributed by atoms with Crippen LogP contribution in [0.3, 0.4) is 0 Å². The number of rotatable bonds is 2. The summed E-state index contributed by atoms with van der Waals surface area (Å²) in [5.74, 6) is -0.274. The van der Waals surface area contributed by atoms with E-state index in [0.717, 1.165) is 12.8 Å². The van der Waals surface area contributed by atoms with Crippen LogP contribution in [0.5, 0.6) is 0 Å². The average molecular weight is 195 g/mol. The molecule has 2 amide bonds. The first-order valence-electron chi connectivity index (χ1n) is 4.77. The van der Waals surface area contributed by atoms with Gasteiger partial charge in [-0.05, 0) is 19.8 Å². The predicted molar refractivity (Wildman–Crippen MR) is 50.6 cm³/mol. The molecule has 0 saturated heterocycles. The molecule has 1 aliphatic carbocycles. The summed E-state index contributed by atoms with van der Waals surface area (Å²) in [6.45, 7) is 2.01. The van der Waals surface area contributed by atoms with Crippen molar-refractivity contribution in [3.05, 3.63) is 0 Å². The van der Waals surface area contributed by atoms with E-state index in [1.807, 2.05) is 6.92 Å². The molecule has 5 nitrogen and oxygen atoms in total. The fraction of sp³-hybridized carbons (Fsp3) is 0.667. The maximum atomic E-state index is 11.6. The summed E-state index contributed by atoms with van der Waals surface area (Å²) in [6, 6.07) is 0. The van der Waals surface area contributed by atoms with Crippen LogP contribution in [-0.4, -0.2) is 23.1 Å². The maximum Gasteiger partial charge on any atom is 0.267 e. The van der Waals surface area contributed by atoms with Gasteiger partial charge in [0.25, 0.3) is 5.91 Å². The molecular weight excluding hydrogens is 182 g/mol. The lowest BCUT2D eigenvalue weighted by Gasteiger charge is -2.15. The second-order valence-corrected chi connectivity index (χ2v) is 4.11. The Labute approximate surface area is 81.9 Å². The minimum Gasteiger partial charge on any atom is -0.346 e. The molecule has 0 aromatic heterocycles. The van der Waals surface area contributed by atoms with Crippen LogP contribution in [-0.2, 0) is 9.59 Å². The van der Waals surface area contributed by atoms with E-state index >= 15 is 0 Å². The third-order valence-electron chi connectivity index (χ3n) is 2.58. The number of hydrogen-bond donors (Lipinski definition) is 2. The Morgan fingerprint density at radius 3 is 2.71 bits per heavy atom. The van der Waals surface area contributed by atoms with Gasteiger partial charge in [-0.2, -0.15) is 5.10 Å². The van der Waals surface area contributed by atoms with Crippen molar-refractivity contribution in [1.29, 1.82) is 0 Å². The van der Waals surface area contributed by atoms with Crippen LogP contribution in [0.1, 0.15) is 32.6 Å². The van der Waals surface area contributed by atoms with Gasteiger partial charge in [0.1, 0.15) is 5.71 Å². The van der Waals surface area contributed by atoms with Gasteiger partial charge in [0.2, 0.25) is 5.91 Å². The zero-order valence-corrected chi connectivity index (χ0v) is 8.09. The number of hydrazone groups is 1. The summed E-state index contributed by atoms with van der Waals surface area (Å²) >= 11 is 0. The predicted octanol–water partition coefficient (Wildman–Crippen LogP) is -0.0789. The van der Waals surface area contributed by atoms with E-state index in [0.29, 0.717) is 18.6 Å². The second-order valence-electron chi connectivity index (χ2n) is 4.11. The summed E-state index contributed by atoms with van der Waals surface area (Å²) in [7, 11) is 0. The van der Waals surface area contributed by atoms with Gasteiger partial charge in [0.15, 0.2) is 0 Å². The van der Waals surface area contributed by atoms with E-state index < -0.39 is 0 Å². The van der Waals surface area contributed by atoms with Crippen molar-refractivity contribution in [2.45, 2.75) is 38.1 Å². The van der Waals surface area contributed by atoms with Crippen molar-refractivity contribution >= 4 is 17.5 Å². The molecule has 14 heavy (non-hydrogen) atoms. The van der Waals surface area contributed by atoms with Crippen molar-refractivity contribution in [1.82, 2.24) is 10.7 Å². The number of carbonyl (C=O) groups excluding carboxylic acids is 2. The van der Waals surface area contributed by atoms with Crippen molar-refractivity contribution in [2.24, 2.45) is 5.10 Å². The molecule has 1 heterocycles. The minimum atomic E-state index is -0.148. The highest BCUT2D eigenvalue weighted by atomic mass is 16.2. The topological polar surface area (TPSA) is 70.6 Å². The van der Waals surface area contributed by atoms with Crippen molar-refractivity contribution in [2.75, 3.05) is 0 Å². The lowest BCUT2D eigenvalue weighted by atomic mass is 10.1. The molecule has 1 fully saturated rings. The molecule has 0 aromatic carbocycles. The van der Waals surface area contributed by atoms with Crippen molar-refractivity contribution in [3.63, 3.8) is 0 Å². The fourth-order valence-electron chi connectivity index (χ4n) is 1.30. The molecule has 76 valence electrons. The van der Waals surface area contributed by atoms with Crippen molar-refractivity contribution < 1.29 is 9.59 Å². The number of nitrogens with one attached hydrogen (secondary N) is 2. The fourth-order valence-corrected chi connectivity index (χ4v) is 1.30. The smallest absolute Gasteiger partial charge is 0.267 e. The average Bonchev–Trinajstić information content (AvgIpc) is 2.84. The molecule has 2 aliphatic rings. The Bertz CT molecular complexity index is 318. The Hall–Kier alpha value is -1.39. The molecule has 0 radical (unpaired) electrons. The van der Waals surface area contributed by atoms with Crippen LogP contribution in [0.2, 0.25) is 0 Å². The van der Waals surface area contributed by atoms with Crippen LogP contribution in [0, 0.1) is 0 Å². The zero-order chi connectivity index (χ0) is 10.2. The molecule has 1 saturated carbocycles. The summed E-state index contributed by atoms with van der Waals surface area (Å²) < 4.78 is 0. The minimum absolute atomic E-state index is 0.0267. The molecule has 0 spiro atoms. The Morgan fingerprint density at radius 2 is 2.21 bits per heavy atom. The summed E-state index contributed by atoms with van der Waals surface area (Å²) in [6.07, 6.45) is 2.84. The van der Waals surface area contributed by atoms with E-state index in [1.165, 1.54) is 0 Å². The molecule has 2 rings (SSSR count). The first-order valence-corrected chi connectivity index (χ1v) is 4.77. The molecule has 0 bridgehead atoms. The number of hydrogen-bond acceptors (Lipinski definition) is 3. The molecule has 2 N–H and O–H groups in total. The van der Waals surface area contributed by atoms with E-state index in [-0.39, 0.29) is 17.4 Å². The number of amides is 2. The number of carbonyl (C=O) groups is 2. The van der Waals surface area contributed by atoms with Gasteiger partial charge in [0, 0.05) is 18.4 Å². The molecule has 0 unspecified atom stereocenters. The highest BCUT2D eigenvalue weighted by Gasteiger charge is 2.39. The SMILES string of the molecule is CC1(NC(=O)C2=NNC(=O)CC2)CC1. The lowest BCUT2D eigenvalue weighted by molar-refractivity contribution is -0.121. The standard InChI is InChI=1S/C9H13N3O2/c1-9(4-5-9)10-8(14)6-2-3-7(13)12-11-6/h2-5H2,1H3,(H,10,14)(H,12,13). The second kappa shape index (κ2) is 3.08. The zero-order valence-electron chi connectivity index (χ0n) is 8.09. The van der Waals surface area contributed by atoms with Gasteiger partial charge in [-0.1, -0.05) is 0 Å². The third kappa shape index (κ3) is 1.92. The lowest BCUT2D eigenvalue weighted by Crippen LogP contribution is -2.42. The van der Waals surface area contributed by atoms with Crippen LogP contribution < -0.4 is 10.7 Å². The van der Waals surface area contributed by atoms with Crippen LogP contribution in [0.15, 0.2) is 5.10 Å². The van der Waals surface area contributed by atoms with E-state index in [9.17, 15) is 9.59 Å². The van der Waals surface area contributed by atoms with Gasteiger partial charge in [0.05, 0.1) is 0 Å². The van der Waals surface area contributed by atoms with E-state index in [2.05, 4.69) is 15.8 Å². The van der Waals surface area contributed by atoms with Crippen LogP contribution in [0.4, 0.5) is 0 Å². The largest absolute Gasteiger partial charge is 0.346 e. The highest BCUT2D eigenvalue weighted by molar-refractivity contribution is 6.39. The summed E-state index contributed by atoms with van der Waals surface area (Å²) in [4.78, 5) is 22.3. The monoisotopic (exact) mass is 195 g/mol. The van der Waals surface area contributed by atoms with Gasteiger partial charge < -0.3 is 5.32 Å². The molecule has 5 heteroatoms. The van der Waals surface area contributed by atoms with Gasteiger partial charge in [-0.15, -0.1) is 0 Å². The van der Waals surface area contributed by atoms with E-state index in [4.69, 9.17) is 0 Å². The Morgan fingerprint density at radius 1 is 1.50 bits per heavy atom. The first-order chi connectivity index (χ1) is 6.59. The number of nitrogens with zero attached hydrogens (tertiary/aromatic N) is 1. The first kappa shape index (κ1) is 9.18. The molecule has 1 aliphatic heterocycles. The quantitative estimate of drug-likeness (QED) is 0.647. The van der Waals surface area contributed by atoms with E-state index in [1.54, 1.807) is 0 Å². The highest BCUT2D eigenvalue weighted by Crippen LogP contribution is 2.34. The molecule has 0 atom stereocenters. The third-order valence-corrected chi connectivity index (χ3v) is 2.58. The maximum absolute atomic E-state index is 11.6. The normalized spacial score (nSPS) is 23.5. The Balaban J connectivity index is 1.94. The Kier molecular flexibility index (Phi) is 2.02. The van der Waals surface area contributed by atoms with Gasteiger partial charge in [-0.25, -0.2) is 5.43 Å². The van der Waals surface area contributed by atoms with Crippen LogP contribution >= 0.6 is 0 Å². The summed E-state index contributed by atoms with van der Waals surface area (Å²) in [5.41, 5.74) is 2.71. The molecule has 0 aromatic rings. The van der Waals surface area contributed by atoms with Crippen molar-refractivity contribution in [3.8, 4) is 0 Å². The summed E-state index contributed by atoms with van der Waals surface area (Å²) in [5, 5.41) is 6.62.